The lowest BCUT2D eigenvalue weighted by atomic mass is 9.91. The molecule has 1 fully saturated rings. The van der Waals surface area contributed by atoms with Gasteiger partial charge in [0.15, 0.2) is 0 Å². The van der Waals surface area contributed by atoms with Crippen LogP contribution in [0.2, 0.25) is 6.32 Å². The molecule has 0 N–H and O–H groups in total. The van der Waals surface area contributed by atoms with Gasteiger partial charge in [-0.05, 0) is 5.92 Å². The van der Waals surface area contributed by atoms with E-state index in [-0.39, 0.29) is 11.8 Å². The Balaban J connectivity index is 2.54. The van der Waals surface area contributed by atoms with Gasteiger partial charge in [-0.2, -0.15) is 0 Å². The zero-order valence-electron chi connectivity index (χ0n) is 9.03. The third-order valence-electron chi connectivity index (χ3n) is 2.48. The molecular weight excluding hydrogens is 177 g/mol. The lowest BCUT2D eigenvalue weighted by molar-refractivity contribution is -0.134. The molecule has 78 valence electrons. The van der Waals surface area contributed by atoms with Crippen molar-refractivity contribution >= 4 is 13.8 Å². The van der Waals surface area contributed by atoms with Crippen LogP contribution in [0.4, 0.5) is 0 Å². The molecule has 4 heteroatoms. The fourth-order valence-corrected chi connectivity index (χ4v) is 1.59. The van der Waals surface area contributed by atoms with Gasteiger partial charge in [-0.3, -0.25) is 4.79 Å². The van der Waals surface area contributed by atoms with Crippen LogP contribution >= 0.6 is 0 Å². The second-order valence-electron chi connectivity index (χ2n) is 4.12. The summed E-state index contributed by atoms with van der Waals surface area (Å²) in [5.74, 6) is 0.556. The SMILES string of the molecule is [B]CC1COCCN(C(=O)C(C)C)C1. The third kappa shape index (κ3) is 3.01. The lowest BCUT2D eigenvalue weighted by Gasteiger charge is -2.24. The van der Waals surface area contributed by atoms with Gasteiger partial charge in [0.25, 0.3) is 0 Å². The molecule has 0 spiro atoms. The number of rotatable bonds is 2. The Bertz CT molecular complexity index is 197. The molecule has 1 atom stereocenters. The maximum absolute atomic E-state index is 11.7. The van der Waals surface area contributed by atoms with Crippen molar-refractivity contribution in [3.05, 3.63) is 0 Å². The summed E-state index contributed by atoms with van der Waals surface area (Å²) in [6, 6.07) is 0. The van der Waals surface area contributed by atoms with Crippen molar-refractivity contribution < 1.29 is 9.53 Å². The van der Waals surface area contributed by atoms with Crippen LogP contribution in [0.5, 0.6) is 0 Å². The normalized spacial score (nSPS) is 23.6. The molecule has 3 nitrogen and oxygen atoms in total. The van der Waals surface area contributed by atoms with Gasteiger partial charge < -0.3 is 9.64 Å². The molecule has 1 saturated heterocycles. The van der Waals surface area contributed by atoms with Crippen LogP contribution in [0.25, 0.3) is 0 Å². The van der Waals surface area contributed by atoms with Crippen molar-refractivity contribution in [2.24, 2.45) is 11.8 Å². The molecule has 0 saturated carbocycles. The quantitative estimate of drug-likeness (QED) is 0.607. The average molecular weight is 195 g/mol. The van der Waals surface area contributed by atoms with Gasteiger partial charge in [0.2, 0.25) is 5.91 Å². The minimum Gasteiger partial charge on any atom is -0.379 e. The highest BCUT2D eigenvalue weighted by Gasteiger charge is 2.22. The van der Waals surface area contributed by atoms with Crippen LogP contribution in [0, 0.1) is 11.8 Å². The summed E-state index contributed by atoms with van der Waals surface area (Å²) in [6.45, 7) is 6.60. The monoisotopic (exact) mass is 195 g/mol. The van der Waals surface area contributed by atoms with Crippen LogP contribution in [-0.2, 0) is 9.53 Å². The van der Waals surface area contributed by atoms with Crippen LogP contribution in [0.1, 0.15) is 13.8 Å². The van der Waals surface area contributed by atoms with Crippen molar-refractivity contribution in [1.29, 1.82) is 0 Å². The van der Waals surface area contributed by atoms with Gasteiger partial charge in [-0.1, -0.05) is 20.2 Å². The van der Waals surface area contributed by atoms with Gasteiger partial charge in [0, 0.05) is 19.0 Å². The van der Waals surface area contributed by atoms with Crippen LogP contribution in [-0.4, -0.2) is 45.0 Å². The number of hydrogen-bond acceptors (Lipinski definition) is 2. The molecule has 1 aliphatic heterocycles. The third-order valence-corrected chi connectivity index (χ3v) is 2.48. The molecule has 0 aromatic carbocycles. The number of amides is 1. The number of hydrogen-bond donors (Lipinski definition) is 0. The van der Waals surface area contributed by atoms with E-state index in [4.69, 9.17) is 12.6 Å². The zero-order chi connectivity index (χ0) is 10.6. The fraction of sp³-hybridized carbons (Fsp3) is 0.900. The molecular formula is C10H18BNO2. The van der Waals surface area contributed by atoms with E-state index in [1.165, 1.54) is 0 Å². The maximum Gasteiger partial charge on any atom is 0.225 e. The Morgan fingerprint density at radius 3 is 2.93 bits per heavy atom. The van der Waals surface area contributed by atoms with Crippen molar-refractivity contribution in [3.8, 4) is 0 Å². The highest BCUT2D eigenvalue weighted by molar-refractivity contribution is 6.08. The largest absolute Gasteiger partial charge is 0.379 e. The molecule has 1 aliphatic rings. The molecule has 0 aliphatic carbocycles. The Morgan fingerprint density at radius 2 is 2.36 bits per heavy atom. The van der Waals surface area contributed by atoms with Gasteiger partial charge in [-0.15, -0.1) is 0 Å². The van der Waals surface area contributed by atoms with Gasteiger partial charge in [0.1, 0.15) is 0 Å². The molecule has 2 radical (unpaired) electrons. The average Bonchev–Trinajstić information content (AvgIpc) is 2.41. The smallest absolute Gasteiger partial charge is 0.225 e. The summed E-state index contributed by atoms with van der Waals surface area (Å²) in [5.41, 5.74) is 0. The Hall–Kier alpha value is -0.505. The van der Waals surface area contributed by atoms with Gasteiger partial charge in [0.05, 0.1) is 21.1 Å². The summed E-state index contributed by atoms with van der Waals surface area (Å²) in [5, 5.41) is 0. The first-order chi connectivity index (χ1) is 6.65. The molecule has 14 heavy (non-hydrogen) atoms. The molecule has 1 amide bonds. The first-order valence-electron chi connectivity index (χ1n) is 5.21. The van der Waals surface area contributed by atoms with E-state index in [2.05, 4.69) is 0 Å². The topological polar surface area (TPSA) is 29.5 Å². The van der Waals surface area contributed by atoms with E-state index in [0.29, 0.717) is 32.0 Å². The fourth-order valence-electron chi connectivity index (χ4n) is 1.59. The van der Waals surface area contributed by atoms with Crippen LogP contribution < -0.4 is 0 Å². The molecule has 1 unspecified atom stereocenters. The van der Waals surface area contributed by atoms with E-state index in [9.17, 15) is 4.79 Å². The first kappa shape index (κ1) is 11.6. The minimum atomic E-state index is 0.0616. The predicted octanol–water partition coefficient (Wildman–Crippen LogP) is 0.704. The molecule has 1 rings (SSSR count). The number of ether oxygens (including phenoxy) is 1. The summed E-state index contributed by atoms with van der Waals surface area (Å²) in [7, 11) is 5.59. The highest BCUT2D eigenvalue weighted by atomic mass is 16.5. The number of nitrogens with zero attached hydrogens (tertiary/aromatic N) is 1. The lowest BCUT2D eigenvalue weighted by Crippen LogP contribution is -2.38. The maximum atomic E-state index is 11.7. The van der Waals surface area contributed by atoms with Crippen molar-refractivity contribution in [2.45, 2.75) is 20.2 Å². The number of carbonyl (C=O) groups is 1. The molecule has 0 bridgehead atoms. The van der Waals surface area contributed by atoms with E-state index in [0.717, 1.165) is 6.54 Å². The van der Waals surface area contributed by atoms with E-state index in [1.54, 1.807) is 0 Å². The van der Waals surface area contributed by atoms with E-state index in [1.807, 2.05) is 18.7 Å². The van der Waals surface area contributed by atoms with Crippen molar-refractivity contribution in [2.75, 3.05) is 26.3 Å². The van der Waals surface area contributed by atoms with Crippen molar-refractivity contribution in [1.82, 2.24) is 4.90 Å². The Kier molecular flexibility index (Phi) is 4.46. The van der Waals surface area contributed by atoms with E-state index >= 15 is 0 Å². The Morgan fingerprint density at radius 1 is 1.64 bits per heavy atom. The van der Waals surface area contributed by atoms with Crippen molar-refractivity contribution in [3.63, 3.8) is 0 Å². The summed E-state index contributed by atoms with van der Waals surface area (Å²) < 4.78 is 5.38. The second kappa shape index (κ2) is 5.39. The predicted molar refractivity (Wildman–Crippen MR) is 56.3 cm³/mol. The van der Waals surface area contributed by atoms with E-state index < -0.39 is 0 Å². The summed E-state index contributed by atoms with van der Waals surface area (Å²) in [6.07, 6.45) is 0.585. The highest BCUT2D eigenvalue weighted by Crippen LogP contribution is 2.12. The van der Waals surface area contributed by atoms with Gasteiger partial charge in [-0.25, -0.2) is 0 Å². The van der Waals surface area contributed by atoms with Crippen LogP contribution in [0.15, 0.2) is 0 Å². The second-order valence-corrected chi connectivity index (χ2v) is 4.12. The van der Waals surface area contributed by atoms with Crippen LogP contribution in [0.3, 0.4) is 0 Å². The minimum absolute atomic E-state index is 0.0616. The summed E-state index contributed by atoms with van der Waals surface area (Å²) in [4.78, 5) is 13.6. The van der Waals surface area contributed by atoms with Gasteiger partial charge >= 0.3 is 0 Å². The Labute approximate surface area is 87.2 Å². The zero-order valence-corrected chi connectivity index (χ0v) is 9.03. The first-order valence-corrected chi connectivity index (χ1v) is 5.21. The molecule has 1 heterocycles. The standard InChI is InChI=1S/C10H18BNO2/c1-8(2)10(13)12-3-4-14-7-9(5-11)6-12/h8-9H,3-7H2,1-2H3. The molecule has 0 aromatic rings. The summed E-state index contributed by atoms with van der Waals surface area (Å²) >= 11 is 0. The number of carbonyl (C=O) groups excluding carboxylic acids is 1. The molecule has 0 aromatic heterocycles.